The van der Waals surface area contributed by atoms with E-state index in [2.05, 4.69) is 17.1 Å². The minimum Gasteiger partial charge on any atom is -0.497 e. The van der Waals surface area contributed by atoms with Crippen LogP contribution in [0.5, 0.6) is 5.75 Å². The average molecular weight is 261 g/mol. The second-order valence-corrected chi connectivity index (χ2v) is 4.47. The van der Waals surface area contributed by atoms with E-state index in [0.717, 1.165) is 24.2 Å². The number of rotatable bonds is 6. The molecule has 0 fully saturated rings. The first-order valence-electron chi connectivity index (χ1n) is 6.44. The fraction of sp³-hybridized carbons (Fsp3) is 0.429. The maximum Gasteiger partial charge on any atom is 0.243 e. The molecule has 0 saturated carbocycles. The van der Waals surface area contributed by atoms with Gasteiger partial charge in [-0.3, -0.25) is 0 Å². The molecule has 19 heavy (non-hydrogen) atoms. The zero-order valence-corrected chi connectivity index (χ0v) is 11.3. The zero-order valence-electron chi connectivity index (χ0n) is 11.3. The molecule has 0 saturated heterocycles. The number of benzene rings is 1. The molecule has 1 aromatic heterocycles. The van der Waals surface area contributed by atoms with Gasteiger partial charge in [-0.2, -0.15) is 4.98 Å². The highest BCUT2D eigenvalue weighted by Gasteiger charge is 2.14. The van der Waals surface area contributed by atoms with E-state index in [1.54, 1.807) is 7.11 Å². The summed E-state index contributed by atoms with van der Waals surface area (Å²) < 4.78 is 10.4. The summed E-state index contributed by atoms with van der Waals surface area (Å²) >= 11 is 0. The molecular formula is C14H19N3O2. The third-order valence-corrected chi connectivity index (χ3v) is 2.90. The third-order valence-electron chi connectivity index (χ3n) is 2.90. The Bertz CT molecular complexity index is 525. The van der Waals surface area contributed by atoms with Gasteiger partial charge in [0.2, 0.25) is 5.89 Å². The van der Waals surface area contributed by atoms with Crippen molar-refractivity contribution in [1.29, 1.82) is 0 Å². The first-order chi connectivity index (χ1) is 9.22. The van der Waals surface area contributed by atoms with Gasteiger partial charge in [0, 0.05) is 6.42 Å². The molecule has 0 amide bonds. The van der Waals surface area contributed by atoms with E-state index in [9.17, 15) is 0 Å². The summed E-state index contributed by atoms with van der Waals surface area (Å²) in [5.41, 5.74) is 7.02. The Kier molecular flexibility index (Phi) is 4.52. The normalized spacial score (nSPS) is 12.4. The molecule has 0 spiro atoms. The van der Waals surface area contributed by atoms with E-state index in [-0.39, 0.29) is 6.04 Å². The number of nitrogens with zero attached hydrogens (tertiary/aromatic N) is 2. The maximum absolute atomic E-state index is 5.94. The quantitative estimate of drug-likeness (QED) is 0.864. The van der Waals surface area contributed by atoms with Crippen LogP contribution < -0.4 is 10.5 Å². The lowest BCUT2D eigenvalue weighted by molar-refractivity contribution is 0.345. The fourth-order valence-electron chi connectivity index (χ4n) is 1.89. The van der Waals surface area contributed by atoms with Gasteiger partial charge in [-0.1, -0.05) is 30.6 Å². The van der Waals surface area contributed by atoms with Crippen LogP contribution in [0.4, 0.5) is 0 Å². The van der Waals surface area contributed by atoms with Crippen molar-refractivity contribution in [1.82, 2.24) is 10.1 Å². The fourth-order valence-corrected chi connectivity index (χ4v) is 1.89. The Morgan fingerprint density at radius 1 is 1.42 bits per heavy atom. The van der Waals surface area contributed by atoms with Crippen molar-refractivity contribution in [3.05, 3.63) is 41.5 Å². The molecule has 1 aromatic carbocycles. The Morgan fingerprint density at radius 2 is 2.26 bits per heavy atom. The molecule has 5 nitrogen and oxygen atoms in total. The topological polar surface area (TPSA) is 74.2 Å². The Labute approximate surface area is 112 Å². The van der Waals surface area contributed by atoms with Crippen LogP contribution in [-0.2, 0) is 6.42 Å². The summed E-state index contributed by atoms with van der Waals surface area (Å²) in [5, 5.41) is 3.96. The van der Waals surface area contributed by atoms with Gasteiger partial charge < -0.3 is 15.0 Å². The molecule has 2 N–H and O–H groups in total. The minimum absolute atomic E-state index is 0.170. The van der Waals surface area contributed by atoms with E-state index >= 15 is 0 Å². The third kappa shape index (κ3) is 3.54. The van der Waals surface area contributed by atoms with Gasteiger partial charge in [0.15, 0.2) is 5.82 Å². The molecule has 0 radical (unpaired) electrons. The smallest absolute Gasteiger partial charge is 0.243 e. The molecule has 1 atom stereocenters. The molecule has 1 heterocycles. The van der Waals surface area contributed by atoms with Gasteiger partial charge in [-0.15, -0.1) is 0 Å². The predicted molar refractivity (Wildman–Crippen MR) is 71.9 cm³/mol. The van der Waals surface area contributed by atoms with Gasteiger partial charge in [0.05, 0.1) is 13.2 Å². The highest BCUT2D eigenvalue weighted by molar-refractivity contribution is 5.30. The molecule has 0 bridgehead atoms. The van der Waals surface area contributed by atoms with Crippen LogP contribution in [0, 0.1) is 0 Å². The highest BCUT2D eigenvalue weighted by atomic mass is 16.5. The first kappa shape index (κ1) is 13.5. The molecule has 2 aromatic rings. The minimum atomic E-state index is -0.170. The van der Waals surface area contributed by atoms with E-state index in [1.807, 2.05) is 24.3 Å². The van der Waals surface area contributed by atoms with Crippen molar-refractivity contribution in [3.8, 4) is 5.75 Å². The summed E-state index contributed by atoms with van der Waals surface area (Å²) in [6.07, 6.45) is 2.45. The van der Waals surface area contributed by atoms with Gasteiger partial charge in [-0.25, -0.2) is 0 Å². The van der Waals surface area contributed by atoms with E-state index < -0.39 is 0 Å². The van der Waals surface area contributed by atoms with Crippen molar-refractivity contribution in [2.45, 2.75) is 32.2 Å². The highest BCUT2D eigenvalue weighted by Crippen LogP contribution is 2.17. The van der Waals surface area contributed by atoms with Crippen LogP contribution in [0.1, 0.15) is 43.1 Å². The van der Waals surface area contributed by atoms with Crippen molar-refractivity contribution in [2.24, 2.45) is 5.73 Å². The largest absolute Gasteiger partial charge is 0.497 e. The summed E-state index contributed by atoms with van der Waals surface area (Å²) in [5.74, 6) is 1.98. The van der Waals surface area contributed by atoms with Crippen LogP contribution in [0.3, 0.4) is 0 Å². The number of nitrogens with two attached hydrogens (primary N) is 1. The van der Waals surface area contributed by atoms with Gasteiger partial charge in [0.1, 0.15) is 5.75 Å². The average Bonchev–Trinajstić information content (AvgIpc) is 2.88. The second kappa shape index (κ2) is 6.33. The predicted octanol–water partition coefficient (Wildman–Crippen LogP) is 2.47. The molecule has 0 aliphatic carbocycles. The summed E-state index contributed by atoms with van der Waals surface area (Å²) in [6, 6.07) is 7.64. The first-order valence-corrected chi connectivity index (χ1v) is 6.44. The SMILES string of the molecule is CCC[C@H](N)c1nc(Cc2cccc(OC)c2)no1. The van der Waals surface area contributed by atoms with Crippen molar-refractivity contribution >= 4 is 0 Å². The molecule has 0 aliphatic heterocycles. The van der Waals surface area contributed by atoms with Gasteiger partial charge in [0.25, 0.3) is 0 Å². The summed E-state index contributed by atoms with van der Waals surface area (Å²) in [4.78, 5) is 4.34. The van der Waals surface area contributed by atoms with Crippen molar-refractivity contribution < 1.29 is 9.26 Å². The Morgan fingerprint density at radius 3 is 3.00 bits per heavy atom. The van der Waals surface area contributed by atoms with Crippen molar-refractivity contribution in [3.63, 3.8) is 0 Å². The van der Waals surface area contributed by atoms with Gasteiger partial charge >= 0.3 is 0 Å². The number of methoxy groups -OCH3 is 1. The standard InChI is InChI=1S/C14H19N3O2/c1-3-5-12(15)14-16-13(17-19-14)9-10-6-4-7-11(8-10)18-2/h4,6-8,12H,3,5,9,15H2,1-2H3/t12-/m0/s1. The number of hydrogen-bond donors (Lipinski definition) is 1. The molecule has 5 heteroatoms. The lowest BCUT2D eigenvalue weighted by Crippen LogP contribution is -2.10. The van der Waals surface area contributed by atoms with Crippen molar-refractivity contribution in [2.75, 3.05) is 7.11 Å². The second-order valence-electron chi connectivity index (χ2n) is 4.47. The lowest BCUT2D eigenvalue weighted by Gasteiger charge is -2.02. The monoisotopic (exact) mass is 261 g/mol. The summed E-state index contributed by atoms with van der Waals surface area (Å²) in [6.45, 7) is 2.08. The van der Waals surface area contributed by atoms with Crippen LogP contribution in [-0.4, -0.2) is 17.3 Å². The molecule has 102 valence electrons. The molecular weight excluding hydrogens is 242 g/mol. The van der Waals surface area contributed by atoms with Crippen LogP contribution in [0.25, 0.3) is 0 Å². The number of aromatic nitrogens is 2. The van der Waals surface area contributed by atoms with Crippen LogP contribution >= 0.6 is 0 Å². The molecule has 0 unspecified atom stereocenters. The van der Waals surface area contributed by atoms with E-state index in [0.29, 0.717) is 18.1 Å². The molecule has 2 rings (SSSR count). The van der Waals surface area contributed by atoms with E-state index in [1.165, 1.54) is 0 Å². The van der Waals surface area contributed by atoms with Gasteiger partial charge in [-0.05, 0) is 24.1 Å². The van der Waals surface area contributed by atoms with Crippen LogP contribution in [0.15, 0.2) is 28.8 Å². The number of hydrogen-bond acceptors (Lipinski definition) is 5. The summed E-state index contributed by atoms with van der Waals surface area (Å²) in [7, 11) is 1.65. The zero-order chi connectivity index (χ0) is 13.7. The maximum atomic E-state index is 5.94. The number of ether oxygens (including phenoxy) is 1. The Balaban J connectivity index is 2.06. The van der Waals surface area contributed by atoms with Crippen LogP contribution in [0.2, 0.25) is 0 Å². The Hall–Kier alpha value is -1.88. The molecule has 0 aliphatic rings. The van der Waals surface area contributed by atoms with E-state index in [4.69, 9.17) is 15.0 Å². The lowest BCUT2D eigenvalue weighted by atomic mass is 10.1.